The lowest BCUT2D eigenvalue weighted by Crippen LogP contribution is -2.13. The standard InChI is InChI=1S/C32H22N2O/c1-3-10-22(11-4-1)25-14-9-15-26(23-12-5-2-6-13-23)32(25)24-18-19-30-29(20-24)34-28-17-8-7-16-27(28)33-31(34)21-35-30/h1-20H,21H2. The molecule has 0 radical (unpaired) electrons. The molecule has 0 atom stereocenters. The van der Waals surface area contributed by atoms with Crippen molar-refractivity contribution < 1.29 is 4.74 Å². The maximum Gasteiger partial charge on any atom is 0.152 e. The molecule has 0 amide bonds. The highest BCUT2D eigenvalue weighted by molar-refractivity contribution is 5.95. The van der Waals surface area contributed by atoms with Crippen molar-refractivity contribution in [1.29, 1.82) is 0 Å². The van der Waals surface area contributed by atoms with Crippen LogP contribution in [0, 0.1) is 0 Å². The number of ether oxygens (including phenoxy) is 1. The van der Waals surface area contributed by atoms with Crippen LogP contribution in [0.4, 0.5) is 0 Å². The summed E-state index contributed by atoms with van der Waals surface area (Å²) in [7, 11) is 0. The quantitative estimate of drug-likeness (QED) is 0.274. The van der Waals surface area contributed by atoms with Gasteiger partial charge in [0.2, 0.25) is 0 Å². The minimum Gasteiger partial charge on any atom is -0.483 e. The monoisotopic (exact) mass is 450 g/mol. The van der Waals surface area contributed by atoms with Gasteiger partial charge in [-0.05, 0) is 57.6 Å². The van der Waals surface area contributed by atoms with E-state index in [1.165, 1.54) is 27.8 Å². The molecule has 166 valence electrons. The summed E-state index contributed by atoms with van der Waals surface area (Å²) < 4.78 is 8.36. The van der Waals surface area contributed by atoms with Crippen LogP contribution in [-0.4, -0.2) is 9.55 Å². The van der Waals surface area contributed by atoms with Gasteiger partial charge in [0.05, 0.1) is 16.7 Å². The Morgan fingerprint density at radius 2 is 1.26 bits per heavy atom. The number of rotatable bonds is 3. The summed E-state index contributed by atoms with van der Waals surface area (Å²) in [5.74, 6) is 1.80. The Morgan fingerprint density at radius 3 is 1.97 bits per heavy atom. The van der Waals surface area contributed by atoms with Crippen molar-refractivity contribution in [3.05, 3.63) is 127 Å². The van der Waals surface area contributed by atoms with E-state index in [1.807, 2.05) is 6.07 Å². The molecule has 0 spiro atoms. The van der Waals surface area contributed by atoms with Gasteiger partial charge in [0.15, 0.2) is 5.82 Å². The predicted molar refractivity (Wildman–Crippen MR) is 142 cm³/mol. The van der Waals surface area contributed by atoms with Gasteiger partial charge in [0, 0.05) is 0 Å². The molecule has 1 aromatic heterocycles. The minimum absolute atomic E-state index is 0.469. The molecule has 0 aliphatic carbocycles. The topological polar surface area (TPSA) is 27.1 Å². The fourth-order valence-corrected chi connectivity index (χ4v) is 5.13. The van der Waals surface area contributed by atoms with E-state index in [2.05, 4.69) is 120 Å². The molecule has 6 aromatic rings. The van der Waals surface area contributed by atoms with Crippen LogP contribution in [0.25, 0.3) is 50.1 Å². The van der Waals surface area contributed by atoms with Gasteiger partial charge in [-0.1, -0.05) is 97.1 Å². The lowest BCUT2D eigenvalue weighted by Gasteiger charge is -2.22. The van der Waals surface area contributed by atoms with Crippen LogP contribution < -0.4 is 4.74 Å². The molecule has 0 bridgehead atoms. The molecule has 5 aromatic carbocycles. The van der Waals surface area contributed by atoms with Crippen LogP contribution in [0.5, 0.6) is 5.75 Å². The number of benzene rings is 5. The van der Waals surface area contributed by atoms with Crippen LogP contribution in [-0.2, 0) is 6.61 Å². The molecule has 0 N–H and O–H groups in total. The molecule has 1 aliphatic heterocycles. The molecule has 35 heavy (non-hydrogen) atoms. The number of hydrogen-bond acceptors (Lipinski definition) is 2. The second-order valence-electron chi connectivity index (χ2n) is 8.78. The predicted octanol–water partition coefficient (Wildman–Crippen LogP) is 7.92. The first kappa shape index (κ1) is 19.8. The summed E-state index contributed by atoms with van der Waals surface area (Å²) in [6, 6.07) is 42.6. The zero-order valence-corrected chi connectivity index (χ0v) is 19.1. The van der Waals surface area contributed by atoms with E-state index in [-0.39, 0.29) is 0 Å². The highest BCUT2D eigenvalue weighted by atomic mass is 16.5. The van der Waals surface area contributed by atoms with Gasteiger partial charge in [-0.3, -0.25) is 4.57 Å². The number of fused-ring (bicyclic) bond motifs is 5. The number of imidazole rings is 1. The third kappa shape index (κ3) is 3.24. The first-order chi connectivity index (χ1) is 17.4. The van der Waals surface area contributed by atoms with Crippen molar-refractivity contribution in [2.45, 2.75) is 6.61 Å². The molecule has 1 aliphatic rings. The summed E-state index contributed by atoms with van der Waals surface area (Å²) in [6.07, 6.45) is 0. The van der Waals surface area contributed by atoms with E-state index < -0.39 is 0 Å². The Bertz CT molecular complexity index is 1630. The molecule has 0 saturated carbocycles. The van der Waals surface area contributed by atoms with Crippen molar-refractivity contribution in [2.75, 3.05) is 0 Å². The molecule has 2 heterocycles. The maximum absolute atomic E-state index is 6.12. The first-order valence-electron chi connectivity index (χ1n) is 11.8. The van der Waals surface area contributed by atoms with Gasteiger partial charge in [0.25, 0.3) is 0 Å². The van der Waals surface area contributed by atoms with Gasteiger partial charge in [0.1, 0.15) is 12.4 Å². The third-order valence-electron chi connectivity index (χ3n) is 6.71. The largest absolute Gasteiger partial charge is 0.483 e. The Balaban J connectivity index is 1.51. The zero-order chi connectivity index (χ0) is 23.2. The fraction of sp³-hybridized carbons (Fsp3) is 0.0312. The van der Waals surface area contributed by atoms with Crippen LogP contribution in [0.2, 0.25) is 0 Å². The second kappa shape index (κ2) is 8.00. The van der Waals surface area contributed by atoms with E-state index in [0.717, 1.165) is 33.9 Å². The zero-order valence-electron chi connectivity index (χ0n) is 19.1. The highest BCUT2D eigenvalue weighted by Crippen LogP contribution is 2.43. The van der Waals surface area contributed by atoms with E-state index in [1.54, 1.807) is 0 Å². The van der Waals surface area contributed by atoms with Crippen molar-refractivity contribution in [3.63, 3.8) is 0 Å². The average molecular weight is 451 g/mol. The molecule has 0 fully saturated rings. The SMILES string of the molecule is c1ccc(-c2cccc(-c3ccccc3)c2-c2ccc3c(c2)-n2c(nc4ccccc42)CO3)cc1. The summed E-state index contributed by atoms with van der Waals surface area (Å²) in [4.78, 5) is 4.82. The molecule has 0 saturated heterocycles. The number of nitrogens with zero attached hydrogens (tertiary/aromatic N) is 2. The molecule has 7 rings (SSSR count). The van der Waals surface area contributed by atoms with Crippen LogP contribution in [0.15, 0.2) is 121 Å². The Labute approximate surface area is 203 Å². The van der Waals surface area contributed by atoms with Crippen LogP contribution in [0.3, 0.4) is 0 Å². The molecule has 0 unspecified atom stereocenters. The molecule has 3 heteroatoms. The third-order valence-corrected chi connectivity index (χ3v) is 6.71. The van der Waals surface area contributed by atoms with Gasteiger partial charge >= 0.3 is 0 Å². The summed E-state index contributed by atoms with van der Waals surface area (Å²) in [6.45, 7) is 0.469. The van der Waals surface area contributed by atoms with Gasteiger partial charge in [-0.25, -0.2) is 4.98 Å². The first-order valence-corrected chi connectivity index (χ1v) is 11.8. The van der Waals surface area contributed by atoms with Gasteiger partial charge in [-0.2, -0.15) is 0 Å². The van der Waals surface area contributed by atoms with E-state index in [9.17, 15) is 0 Å². The van der Waals surface area contributed by atoms with Crippen molar-refractivity contribution in [1.82, 2.24) is 9.55 Å². The van der Waals surface area contributed by atoms with Crippen molar-refractivity contribution >= 4 is 11.0 Å². The lowest BCUT2D eigenvalue weighted by atomic mass is 9.87. The second-order valence-corrected chi connectivity index (χ2v) is 8.78. The smallest absolute Gasteiger partial charge is 0.152 e. The van der Waals surface area contributed by atoms with Crippen LogP contribution >= 0.6 is 0 Å². The van der Waals surface area contributed by atoms with Crippen molar-refractivity contribution in [3.8, 4) is 44.8 Å². The minimum atomic E-state index is 0.469. The Hall–Kier alpha value is -4.63. The van der Waals surface area contributed by atoms with Gasteiger partial charge < -0.3 is 4.74 Å². The van der Waals surface area contributed by atoms with Crippen molar-refractivity contribution in [2.24, 2.45) is 0 Å². The maximum atomic E-state index is 6.12. The Morgan fingerprint density at radius 1 is 0.600 bits per heavy atom. The molecular formula is C32H22N2O. The van der Waals surface area contributed by atoms with Gasteiger partial charge in [-0.15, -0.1) is 0 Å². The van der Waals surface area contributed by atoms with E-state index >= 15 is 0 Å². The highest BCUT2D eigenvalue weighted by Gasteiger charge is 2.23. The fourth-order valence-electron chi connectivity index (χ4n) is 5.13. The summed E-state index contributed by atoms with van der Waals surface area (Å²) in [5, 5.41) is 0. The van der Waals surface area contributed by atoms with E-state index in [0.29, 0.717) is 6.61 Å². The lowest BCUT2D eigenvalue weighted by molar-refractivity contribution is 0.281. The number of aromatic nitrogens is 2. The normalized spacial score (nSPS) is 12.1. The molecule has 3 nitrogen and oxygen atoms in total. The number of para-hydroxylation sites is 2. The van der Waals surface area contributed by atoms with Crippen LogP contribution in [0.1, 0.15) is 5.82 Å². The van der Waals surface area contributed by atoms with E-state index in [4.69, 9.17) is 9.72 Å². The Kier molecular flexibility index (Phi) is 4.52. The number of hydrogen-bond donors (Lipinski definition) is 0. The summed E-state index contributed by atoms with van der Waals surface area (Å²) in [5.41, 5.74) is 10.3. The summed E-state index contributed by atoms with van der Waals surface area (Å²) >= 11 is 0. The average Bonchev–Trinajstić information content (AvgIpc) is 3.33. The molecular weight excluding hydrogens is 428 g/mol.